The van der Waals surface area contributed by atoms with Crippen LogP contribution in [-0.4, -0.2) is 16.2 Å². The molecular weight excluding hydrogens is 368 g/mol. The van der Waals surface area contributed by atoms with Gasteiger partial charge in [-0.25, -0.2) is 4.98 Å². The lowest BCUT2D eigenvalue weighted by Gasteiger charge is -2.13. The third-order valence-corrected chi connectivity index (χ3v) is 5.65. The predicted octanol–water partition coefficient (Wildman–Crippen LogP) is 6.80. The van der Waals surface area contributed by atoms with E-state index < -0.39 is 0 Å². The van der Waals surface area contributed by atoms with Gasteiger partial charge in [0.2, 0.25) is 0 Å². The van der Waals surface area contributed by atoms with E-state index in [0.29, 0.717) is 0 Å². The first-order valence-corrected chi connectivity index (χ1v) is 10.8. The number of rotatable bonds is 7. The van der Waals surface area contributed by atoms with E-state index in [1.54, 1.807) is 0 Å². The van der Waals surface area contributed by atoms with Crippen LogP contribution in [-0.2, 0) is 6.54 Å². The van der Waals surface area contributed by atoms with Crippen LogP contribution in [0.4, 0.5) is 0 Å². The van der Waals surface area contributed by atoms with Crippen molar-refractivity contribution in [3.63, 3.8) is 0 Å². The van der Waals surface area contributed by atoms with Crippen LogP contribution in [0.1, 0.15) is 35.1 Å². The Hall–Kier alpha value is -3.07. The number of fused-ring (bicyclic) bond motifs is 1. The lowest BCUT2D eigenvalue weighted by atomic mass is 10.1. The molecule has 0 bridgehead atoms. The summed E-state index contributed by atoms with van der Waals surface area (Å²) in [6.45, 7) is 10.2. The van der Waals surface area contributed by atoms with Crippen molar-refractivity contribution in [3.05, 3.63) is 82.9 Å². The SMILES string of the molecule is Cc1ccc(-c2nc3ccccc3n2CCCCOc2cc(C)ccc2C)c(C)c1. The van der Waals surface area contributed by atoms with Gasteiger partial charge >= 0.3 is 0 Å². The van der Waals surface area contributed by atoms with Gasteiger partial charge in [-0.05, 0) is 75.4 Å². The summed E-state index contributed by atoms with van der Waals surface area (Å²) < 4.78 is 8.41. The van der Waals surface area contributed by atoms with E-state index >= 15 is 0 Å². The van der Waals surface area contributed by atoms with Crippen LogP contribution in [0.2, 0.25) is 0 Å². The van der Waals surface area contributed by atoms with Crippen LogP contribution >= 0.6 is 0 Å². The zero-order valence-corrected chi connectivity index (χ0v) is 18.4. The van der Waals surface area contributed by atoms with E-state index in [0.717, 1.165) is 43.1 Å². The summed E-state index contributed by atoms with van der Waals surface area (Å²) in [4.78, 5) is 4.97. The monoisotopic (exact) mass is 398 g/mol. The molecule has 4 rings (SSSR count). The summed E-state index contributed by atoms with van der Waals surface area (Å²) in [5.41, 5.74) is 8.44. The number of para-hydroxylation sites is 2. The maximum Gasteiger partial charge on any atom is 0.141 e. The summed E-state index contributed by atoms with van der Waals surface area (Å²) in [6, 6.07) is 21.4. The van der Waals surface area contributed by atoms with Crippen molar-refractivity contribution in [1.29, 1.82) is 0 Å². The average molecular weight is 399 g/mol. The fraction of sp³-hybridized carbons (Fsp3) is 0.296. The molecular formula is C27H30N2O. The predicted molar refractivity (Wildman–Crippen MR) is 125 cm³/mol. The highest BCUT2D eigenvalue weighted by Gasteiger charge is 2.14. The zero-order chi connectivity index (χ0) is 21.1. The number of benzene rings is 3. The quantitative estimate of drug-likeness (QED) is 0.320. The zero-order valence-electron chi connectivity index (χ0n) is 18.4. The van der Waals surface area contributed by atoms with Crippen LogP contribution in [0.25, 0.3) is 22.4 Å². The number of unbranched alkanes of at least 4 members (excludes halogenated alkanes) is 1. The Balaban J connectivity index is 1.50. The van der Waals surface area contributed by atoms with E-state index in [1.807, 2.05) is 0 Å². The smallest absolute Gasteiger partial charge is 0.141 e. The van der Waals surface area contributed by atoms with Crippen molar-refractivity contribution in [2.24, 2.45) is 0 Å². The number of aromatic nitrogens is 2. The standard InChI is InChI=1S/C27H30N2O/c1-19-12-14-23(22(4)17-19)27-28-24-9-5-6-10-25(24)29(27)15-7-8-16-30-26-18-20(2)11-13-21(26)3/h5-6,9-14,17-18H,7-8,15-16H2,1-4H3. The van der Waals surface area contributed by atoms with Gasteiger partial charge in [0.25, 0.3) is 0 Å². The fourth-order valence-electron chi connectivity index (χ4n) is 3.99. The topological polar surface area (TPSA) is 27.1 Å². The summed E-state index contributed by atoms with van der Waals surface area (Å²) >= 11 is 0. The molecule has 30 heavy (non-hydrogen) atoms. The van der Waals surface area contributed by atoms with Crippen LogP contribution in [0, 0.1) is 27.7 Å². The normalized spacial score (nSPS) is 11.2. The van der Waals surface area contributed by atoms with Crippen LogP contribution in [0.3, 0.4) is 0 Å². The Labute approximate surface area is 179 Å². The van der Waals surface area contributed by atoms with Crippen LogP contribution < -0.4 is 4.74 Å². The lowest BCUT2D eigenvalue weighted by Crippen LogP contribution is -2.05. The Kier molecular flexibility index (Phi) is 5.89. The van der Waals surface area contributed by atoms with Crippen molar-refractivity contribution in [3.8, 4) is 17.1 Å². The molecule has 0 N–H and O–H groups in total. The fourth-order valence-corrected chi connectivity index (χ4v) is 3.99. The summed E-state index contributed by atoms with van der Waals surface area (Å²) in [5.74, 6) is 2.06. The largest absolute Gasteiger partial charge is 0.493 e. The molecule has 0 aliphatic heterocycles. The summed E-state index contributed by atoms with van der Waals surface area (Å²) in [5, 5.41) is 0. The minimum atomic E-state index is 0.732. The highest BCUT2D eigenvalue weighted by Crippen LogP contribution is 2.28. The molecule has 1 heterocycles. The molecule has 3 nitrogen and oxygen atoms in total. The maximum atomic E-state index is 6.05. The van der Waals surface area contributed by atoms with Gasteiger partial charge in [-0.1, -0.05) is 48.0 Å². The molecule has 0 spiro atoms. The van der Waals surface area contributed by atoms with Gasteiger partial charge in [0.1, 0.15) is 11.6 Å². The first-order valence-electron chi connectivity index (χ1n) is 10.8. The second-order valence-corrected chi connectivity index (χ2v) is 8.22. The van der Waals surface area contributed by atoms with E-state index in [4.69, 9.17) is 9.72 Å². The molecule has 1 aromatic heterocycles. The van der Waals surface area contributed by atoms with Crippen molar-refractivity contribution in [2.75, 3.05) is 6.61 Å². The first-order chi connectivity index (χ1) is 14.5. The van der Waals surface area contributed by atoms with Gasteiger partial charge in [-0.2, -0.15) is 0 Å². The molecule has 3 heteroatoms. The minimum Gasteiger partial charge on any atom is -0.493 e. The Bertz CT molecular complexity index is 1170. The molecule has 0 aliphatic carbocycles. The summed E-state index contributed by atoms with van der Waals surface area (Å²) in [6.07, 6.45) is 2.05. The van der Waals surface area contributed by atoms with Crippen LogP contribution in [0.15, 0.2) is 60.7 Å². The number of imidazole rings is 1. The lowest BCUT2D eigenvalue weighted by molar-refractivity contribution is 0.301. The number of hydrogen-bond acceptors (Lipinski definition) is 2. The van der Waals surface area contributed by atoms with Gasteiger partial charge in [-0.15, -0.1) is 0 Å². The van der Waals surface area contributed by atoms with Gasteiger partial charge < -0.3 is 9.30 Å². The second-order valence-electron chi connectivity index (χ2n) is 8.22. The van der Waals surface area contributed by atoms with Crippen LogP contribution in [0.5, 0.6) is 5.75 Å². The number of hydrogen-bond donors (Lipinski definition) is 0. The molecule has 0 unspecified atom stereocenters. The van der Waals surface area contributed by atoms with E-state index in [9.17, 15) is 0 Å². The molecule has 0 aliphatic rings. The number of nitrogens with zero attached hydrogens (tertiary/aromatic N) is 2. The first kappa shape index (κ1) is 20.2. The Morgan fingerprint density at radius 2 is 1.57 bits per heavy atom. The number of ether oxygens (including phenoxy) is 1. The molecule has 0 saturated carbocycles. The molecule has 0 radical (unpaired) electrons. The molecule has 154 valence electrons. The Morgan fingerprint density at radius 1 is 0.800 bits per heavy atom. The van der Waals surface area contributed by atoms with Gasteiger partial charge in [0.15, 0.2) is 0 Å². The van der Waals surface area contributed by atoms with Crippen molar-refractivity contribution >= 4 is 11.0 Å². The second kappa shape index (κ2) is 8.74. The van der Waals surface area contributed by atoms with E-state index in [1.165, 1.54) is 33.3 Å². The average Bonchev–Trinajstić information content (AvgIpc) is 3.08. The third kappa shape index (κ3) is 4.25. The summed E-state index contributed by atoms with van der Waals surface area (Å²) in [7, 11) is 0. The highest BCUT2D eigenvalue weighted by molar-refractivity contribution is 5.81. The minimum absolute atomic E-state index is 0.732. The van der Waals surface area contributed by atoms with Crippen molar-refractivity contribution in [1.82, 2.24) is 9.55 Å². The van der Waals surface area contributed by atoms with Crippen molar-refractivity contribution in [2.45, 2.75) is 47.1 Å². The molecule has 0 saturated heterocycles. The van der Waals surface area contributed by atoms with Gasteiger partial charge in [0.05, 0.1) is 17.6 Å². The molecule has 0 fully saturated rings. The Morgan fingerprint density at radius 3 is 2.40 bits per heavy atom. The van der Waals surface area contributed by atoms with E-state index in [2.05, 4.69) is 92.9 Å². The highest BCUT2D eigenvalue weighted by atomic mass is 16.5. The van der Waals surface area contributed by atoms with Gasteiger partial charge in [-0.3, -0.25) is 0 Å². The molecule has 3 aromatic carbocycles. The van der Waals surface area contributed by atoms with Crippen molar-refractivity contribution < 1.29 is 4.74 Å². The molecule has 0 atom stereocenters. The van der Waals surface area contributed by atoms with E-state index in [-0.39, 0.29) is 0 Å². The van der Waals surface area contributed by atoms with Gasteiger partial charge in [0, 0.05) is 12.1 Å². The molecule has 4 aromatic rings. The third-order valence-electron chi connectivity index (χ3n) is 5.65. The number of aryl methyl sites for hydroxylation is 5. The maximum absolute atomic E-state index is 6.05. The molecule has 0 amide bonds.